The van der Waals surface area contributed by atoms with Gasteiger partial charge in [0, 0.05) is 28.4 Å². The number of nitrogens with one attached hydrogen (secondary N) is 2. The third-order valence-electron chi connectivity index (χ3n) is 4.72. The van der Waals surface area contributed by atoms with Crippen LogP contribution in [0.25, 0.3) is 10.9 Å². The van der Waals surface area contributed by atoms with E-state index in [-0.39, 0.29) is 18.0 Å². The molecule has 0 unspecified atom stereocenters. The fourth-order valence-corrected chi connectivity index (χ4v) is 3.45. The largest absolute Gasteiger partial charge is 0.454 e. The van der Waals surface area contributed by atoms with E-state index in [1.807, 2.05) is 24.3 Å². The fourth-order valence-electron chi connectivity index (χ4n) is 3.45. The number of aromatic amines is 2. The molecule has 0 spiro atoms. The van der Waals surface area contributed by atoms with Crippen LogP contribution in [0.1, 0.15) is 51.5 Å². The number of ketones is 2. The summed E-state index contributed by atoms with van der Waals surface area (Å²) in [5, 5.41) is 0.954. The predicted octanol–water partition coefficient (Wildman–Crippen LogP) is 3.67. The third-order valence-corrected chi connectivity index (χ3v) is 4.72. The third kappa shape index (κ3) is 3.56. The number of esters is 1. The van der Waals surface area contributed by atoms with Gasteiger partial charge in [0.2, 0.25) is 5.78 Å². The highest BCUT2D eigenvalue weighted by atomic mass is 16.5. The van der Waals surface area contributed by atoms with Crippen LogP contribution >= 0.6 is 0 Å². The first-order valence-corrected chi connectivity index (χ1v) is 8.78. The molecule has 0 aliphatic carbocycles. The summed E-state index contributed by atoms with van der Waals surface area (Å²) in [6, 6.07) is 7.68. The van der Waals surface area contributed by atoms with Crippen molar-refractivity contribution in [1.29, 1.82) is 0 Å². The lowest BCUT2D eigenvalue weighted by molar-refractivity contribution is -0.145. The topological polar surface area (TPSA) is 92.0 Å². The molecule has 1 atom stereocenters. The molecule has 2 heterocycles. The lowest BCUT2D eigenvalue weighted by Crippen LogP contribution is -2.26. The quantitative estimate of drug-likeness (QED) is 0.514. The summed E-state index contributed by atoms with van der Waals surface area (Å²) in [4.78, 5) is 42.8. The number of hydrogen-bond donors (Lipinski definition) is 2. The monoisotopic (exact) mass is 366 g/mol. The van der Waals surface area contributed by atoms with Crippen LogP contribution in [-0.2, 0) is 16.0 Å². The molecule has 2 N–H and O–H groups in total. The number of hydrogen-bond acceptors (Lipinski definition) is 4. The molecule has 0 amide bonds. The second-order valence-electron chi connectivity index (χ2n) is 6.71. The Bertz CT molecular complexity index is 1040. The van der Waals surface area contributed by atoms with E-state index in [9.17, 15) is 14.4 Å². The van der Waals surface area contributed by atoms with E-state index in [0.29, 0.717) is 22.5 Å². The zero-order chi connectivity index (χ0) is 19.7. The van der Waals surface area contributed by atoms with Gasteiger partial charge in [-0.3, -0.25) is 14.4 Å². The Hall–Kier alpha value is -3.15. The summed E-state index contributed by atoms with van der Waals surface area (Å²) in [5.74, 6) is -0.937. The second-order valence-corrected chi connectivity index (χ2v) is 6.71. The minimum atomic E-state index is -0.945. The number of aromatic nitrogens is 2. The second kappa shape index (κ2) is 7.23. The van der Waals surface area contributed by atoms with Gasteiger partial charge in [0.1, 0.15) is 0 Å². The Morgan fingerprint density at radius 1 is 1.15 bits per heavy atom. The van der Waals surface area contributed by atoms with Crippen molar-refractivity contribution in [3.05, 3.63) is 58.5 Å². The molecule has 0 saturated carbocycles. The molecule has 6 heteroatoms. The number of aryl methyl sites for hydroxylation is 1. The standard InChI is InChI=1S/C21H22N2O4/c1-11-19(13(3)24)12(2)23-20(11)21(26)14(4)27-18(25)9-15-10-22-17-8-6-5-7-16(15)17/h5-8,10,14,22-23H,9H2,1-4H3/t14-/m0/s1. The molecule has 27 heavy (non-hydrogen) atoms. The van der Waals surface area contributed by atoms with Crippen LogP contribution in [0.4, 0.5) is 0 Å². The molecular weight excluding hydrogens is 344 g/mol. The first-order valence-electron chi connectivity index (χ1n) is 8.78. The Labute approximate surface area is 156 Å². The molecule has 0 aliphatic rings. The minimum absolute atomic E-state index is 0.0725. The zero-order valence-electron chi connectivity index (χ0n) is 15.8. The number of carbonyl (C=O) groups is 3. The van der Waals surface area contributed by atoms with E-state index in [0.717, 1.165) is 16.5 Å². The number of H-pyrrole nitrogens is 2. The highest BCUT2D eigenvalue weighted by Gasteiger charge is 2.26. The lowest BCUT2D eigenvalue weighted by Gasteiger charge is -2.12. The summed E-state index contributed by atoms with van der Waals surface area (Å²) in [6.07, 6.45) is 0.901. The molecule has 140 valence electrons. The van der Waals surface area contributed by atoms with Crippen LogP contribution < -0.4 is 0 Å². The van der Waals surface area contributed by atoms with Crippen molar-refractivity contribution in [3.8, 4) is 0 Å². The van der Waals surface area contributed by atoms with Gasteiger partial charge in [0.05, 0.1) is 12.1 Å². The number of para-hydroxylation sites is 1. The molecule has 2 aromatic heterocycles. The van der Waals surface area contributed by atoms with E-state index >= 15 is 0 Å². The number of carbonyl (C=O) groups excluding carboxylic acids is 3. The van der Waals surface area contributed by atoms with E-state index in [1.54, 1.807) is 27.0 Å². The molecule has 3 aromatic rings. The van der Waals surface area contributed by atoms with Crippen LogP contribution in [0.2, 0.25) is 0 Å². The SMILES string of the molecule is CC(=O)c1c(C)[nH]c(C(=O)[C@H](C)OC(=O)Cc2c[nH]c3ccccc23)c1C. The summed E-state index contributed by atoms with van der Waals surface area (Å²) >= 11 is 0. The van der Waals surface area contributed by atoms with Crippen molar-refractivity contribution < 1.29 is 19.1 Å². The molecule has 0 radical (unpaired) electrons. The van der Waals surface area contributed by atoms with Crippen molar-refractivity contribution in [2.75, 3.05) is 0 Å². The summed E-state index contributed by atoms with van der Waals surface area (Å²) in [6.45, 7) is 6.46. The van der Waals surface area contributed by atoms with Gasteiger partial charge in [0.15, 0.2) is 11.9 Å². The zero-order valence-corrected chi connectivity index (χ0v) is 15.8. The van der Waals surface area contributed by atoms with E-state index < -0.39 is 12.1 Å². The van der Waals surface area contributed by atoms with Crippen molar-refractivity contribution in [3.63, 3.8) is 0 Å². The van der Waals surface area contributed by atoms with Gasteiger partial charge in [-0.2, -0.15) is 0 Å². The van der Waals surface area contributed by atoms with Crippen LogP contribution in [0.5, 0.6) is 0 Å². The number of Topliss-reactive ketones (excluding diaryl/α,β-unsaturated/α-hetero) is 2. The van der Waals surface area contributed by atoms with E-state index in [1.165, 1.54) is 6.92 Å². The van der Waals surface area contributed by atoms with Gasteiger partial charge in [-0.25, -0.2) is 0 Å². The van der Waals surface area contributed by atoms with E-state index in [2.05, 4.69) is 9.97 Å². The number of ether oxygens (including phenoxy) is 1. The molecule has 0 bridgehead atoms. The van der Waals surface area contributed by atoms with Crippen LogP contribution in [0.15, 0.2) is 30.5 Å². The first-order chi connectivity index (χ1) is 12.8. The highest BCUT2D eigenvalue weighted by molar-refractivity contribution is 6.05. The fraction of sp³-hybridized carbons (Fsp3) is 0.286. The minimum Gasteiger partial charge on any atom is -0.454 e. The average molecular weight is 366 g/mol. The van der Waals surface area contributed by atoms with Crippen LogP contribution in [-0.4, -0.2) is 33.6 Å². The van der Waals surface area contributed by atoms with Gasteiger partial charge in [-0.1, -0.05) is 18.2 Å². The summed E-state index contributed by atoms with van der Waals surface area (Å²) in [5.41, 5.74) is 3.81. The summed E-state index contributed by atoms with van der Waals surface area (Å²) < 4.78 is 5.35. The van der Waals surface area contributed by atoms with Crippen molar-refractivity contribution in [1.82, 2.24) is 9.97 Å². The first kappa shape index (κ1) is 18.6. The van der Waals surface area contributed by atoms with Gasteiger partial charge in [0.25, 0.3) is 0 Å². The van der Waals surface area contributed by atoms with Crippen molar-refractivity contribution in [2.24, 2.45) is 0 Å². The average Bonchev–Trinajstić information content (AvgIpc) is 3.14. The summed E-state index contributed by atoms with van der Waals surface area (Å²) in [7, 11) is 0. The van der Waals surface area contributed by atoms with Crippen LogP contribution in [0, 0.1) is 13.8 Å². The molecule has 1 aromatic carbocycles. The predicted molar refractivity (Wildman–Crippen MR) is 102 cm³/mol. The molecule has 0 aliphatic heterocycles. The van der Waals surface area contributed by atoms with Crippen molar-refractivity contribution in [2.45, 2.75) is 40.2 Å². The Morgan fingerprint density at radius 2 is 1.85 bits per heavy atom. The maximum Gasteiger partial charge on any atom is 0.311 e. The number of benzene rings is 1. The molecular formula is C21H22N2O4. The van der Waals surface area contributed by atoms with Gasteiger partial charge in [-0.15, -0.1) is 0 Å². The Balaban J connectivity index is 1.72. The lowest BCUT2D eigenvalue weighted by atomic mass is 10.0. The smallest absolute Gasteiger partial charge is 0.311 e. The van der Waals surface area contributed by atoms with E-state index in [4.69, 9.17) is 4.74 Å². The normalized spacial score (nSPS) is 12.1. The Morgan fingerprint density at radius 3 is 2.52 bits per heavy atom. The molecule has 6 nitrogen and oxygen atoms in total. The van der Waals surface area contributed by atoms with Crippen molar-refractivity contribution >= 4 is 28.4 Å². The molecule has 0 saturated heterocycles. The van der Waals surface area contributed by atoms with Gasteiger partial charge < -0.3 is 14.7 Å². The molecule has 0 fully saturated rings. The van der Waals surface area contributed by atoms with Gasteiger partial charge in [-0.05, 0) is 44.9 Å². The number of fused-ring (bicyclic) bond motifs is 1. The molecule has 3 rings (SSSR count). The maximum atomic E-state index is 12.7. The van der Waals surface area contributed by atoms with Gasteiger partial charge >= 0.3 is 5.97 Å². The maximum absolute atomic E-state index is 12.7. The van der Waals surface area contributed by atoms with Crippen LogP contribution in [0.3, 0.4) is 0 Å². The Kier molecular flexibility index (Phi) is 4.99. The number of rotatable bonds is 6. The highest BCUT2D eigenvalue weighted by Crippen LogP contribution is 2.21.